The number of benzene rings is 1. The molecule has 0 aliphatic rings. The number of aryl methyl sites for hydroxylation is 1. The lowest BCUT2D eigenvalue weighted by Crippen LogP contribution is -2.19. The molecule has 0 spiro atoms. The van der Waals surface area contributed by atoms with E-state index < -0.39 is 0 Å². The number of halogens is 1. The van der Waals surface area contributed by atoms with Gasteiger partial charge in [-0.05, 0) is 37.2 Å². The Morgan fingerprint density at radius 3 is 2.59 bits per heavy atom. The smallest absolute Gasteiger partial charge is 0.123 e. The molecule has 1 aromatic carbocycles. The molecule has 0 bridgehead atoms. The first-order chi connectivity index (χ1) is 8.22. The van der Waals surface area contributed by atoms with Gasteiger partial charge in [-0.25, -0.2) is 14.4 Å². The molecule has 1 atom stereocenters. The molecule has 0 radical (unpaired) electrons. The van der Waals surface area contributed by atoms with Crippen molar-refractivity contribution in [3.8, 4) is 0 Å². The fourth-order valence-electron chi connectivity index (χ4n) is 1.88. The van der Waals surface area contributed by atoms with Gasteiger partial charge in [0.25, 0.3) is 0 Å². The van der Waals surface area contributed by atoms with Crippen molar-refractivity contribution >= 4 is 0 Å². The highest BCUT2D eigenvalue weighted by Crippen LogP contribution is 2.24. The summed E-state index contributed by atoms with van der Waals surface area (Å²) in [5.41, 5.74) is 2.86. The number of nitrogens with zero attached hydrogens (tertiary/aromatic N) is 2. The molecule has 1 unspecified atom stereocenters. The van der Waals surface area contributed by atoms with Gasteiger partial charge in [-0.1, -0.05) is 6.07 Å². The van der Waals surface area contributed by atoms with Crippen molar-refractivity contribution in [1.82, 2.24) is 15.3 Å². The van der Waals surface area contributed by atoms with Crippen LogP contribution >= 0.6 is 0 Å². The Hall–Kier alpha value is -1.81. The minimum Gasteiger partial charge on any atom is -0.309 e. The summed E-state index contributed by atoms with van der Waals surface area (Å²) in [6, 6.07) is 4.70. The van der Waals surface area contributed by atoms with E-state index in [0.29, 0.717) is 0 Å². The summed E-state index contributed by atoms with van der Waals surface area (Å²) in [6.45, 7) is 1.96. The van der Waals surface area contributed by atoms with Gasteiger partial charge in [0.15, 0.2) is 0 Å². The molecule has 17 heavy (non-hydrogen) atoms. The number of hydrogen-bond acceptors (Lipinski definition) is 3. The van der Waals surface area contributed by atoms with Gasteiger partial charge in [0.1, 0.15) is 12.1 Å². The van der Waals surface area contributed by atoms with E-state index in [1.54, 1.807) is 24.5 Å². The molecule has 2 rings (SSSR count). The normalized spacial score (nSPS) is 12.4. The van der Waals surface area contributed by atoms with Crippen LogP contribution in [0.5, 0.6) is 0 Å². The van der Waals surface area contributed by atoms with Gasteiger partial charge >= 0.3 is 0 Å². The molecule has 4 heteroatoms. The molecule has 1 heterocycles. The van der Waals surface area contributed by atoms with Crippen molar-refractivity contribution in [2.75, 3.05) is 7.05 Å². The molecule has 0 aliphatic heterocycles. The highest BCUT2D eigenvalue weighted by atomic mass is 19.1. The van der Waals surface area contributed by atoms with Crippen LogP contribution in [0, 0.1) is 12.7 Å². The number of hydrogen-bond donors (Lipinski definition) is 1. The van der Waals surface area contributed by atoms with Gasteiger partial charge in [-0.3, -0.25) is 0 Å². The van der Waals surface area contributed by atoms with Gasteiger partial charge in [0, 0.05) is 18.0 Å². The van der Waals surface area contributed by atoms with Crippen molar-refractivity contribution in [2.24, 2.45) is 0 Å². The maximum atomic E-state index is 13.3. The maximum Gasteiger partial charge on any atom is 0.123 e. The van der Waals surface area contributed by atoms with E-state index in [-0.39, 0.29) is 11.9 Å². The van der Waals surface area contributed by atoms with Gasteiger partial charge in [0.05, 0.1) is 6.04 Å². The molecule has 0 saturated carbocycles. The SMILES string of the molecule is CNC(c1cncnc1)c1cc(F)ccc1C. The maximum absolute atomic E-state index is 13.3. The molecule has 0 fully saturated rings. The molecule has 3 nitrogen and oxygen atoms in total. The fraction of sp³-hybridized carbons (Fsp3) is 0.231. The second-order valence-electron chi connectivity index (χ2n) is 3.89. The summed E-state index contributed by atoms with van der Waals surface area (Å²) in [5, 5.41) is 3.16. The second-order valence-corrected chi connectivity index (χ2v) is 3.89. The lowest BCUT2D eigenvalue weighted by Gasteiger charge is -2.18. The predicted octanol–water partition coefficient (Wildman–Crippen LogP) is 2.23. The highest BCUT2D eigenvalue weighted by Gasteiger charge is 2.15. The Kier molecular flexibility index (Phi) is 3.44. The van der Waals surface area contributed by atoms with E-state index in [2.05, 4.69) is 15.3 Å². The summed E-state index contributed by atoms with van der Waals surface area (Å²) < 4.78 is 13.3. The van der Waals surface area contributed by atoms with Crippen molar-refractivity contribution < 1.29 is 4.39 Å². The Morgan fingerprint density at radius 2 is 1.94 bits per heavy atom. The molecule has 1 N–H and O–H groups in total. The van der Waals surface area contributed by atoms with Crippen LogP contribution in [0.2, 0.25) is 0 Å². The van der Waals surface area contributed by atoms with Crippen LogP contribution in [0.25, 0.3) is 0 Å². The van der Waals surface area contributed by atoms with Crippen LogP contribution in [0.15, 0.2) is 36.9 Å². The zero-order valence-corrected chi connectivity index (χ0v) is 9.81. The minimum atomic E-state index is -0.234. The Labute approximate surface area is 99.7 Å². The Balaban J connectivity index is 2.46. The fourth-order valence-corrected chi connectivity index (χ4v) is 1.88. The largest absolute Gasteiger partial charge is 0.309 e. The predicted molar refractivity (Wildman–Crippen MR) is 64.1 cm³/mol. The number of rotatable bonds is 3. The van der Waals surface area contributed by atoms with E-state index in [0.717, 1.165) is 16.7 Å². The molecule has 0 amide bonds. The van der Waals surface area contributed by atoms with E-state index >= 15 is 0 Å². The van der Waals surface area contributed by atoms with Crippen molar-refractivity contribution in [2.45, 2.75) is 13.0 Å². The van der Waals surface area contributed by atoms with Gasteiger partial charge in [-0.15, -0.1) is 0 Å². The van der Waals surface area contributed by atoms with E-state index in [1.807, 2.05) is 14.0 Å². The van der Waals surface area contributed by atoms with Gasteiger partial charge in [-0.2, -0.15) is 0 Å². The van der Waals surface area contributed by atoms with E-state index in [9.17, 15) is 4.39 Å². The third-order valence-corrected chi connectivity index (χ3v) is 2.75. The number of aromatic nitrogens is 2. The summed E-state index contributed by atoms with van der Waals surface area (Å²) in [7, 11) is 1.84. The molecule has 2 aromatic rings. The molecule has 0 aliphatic carbocycles. The number of nitrogens with one attached hydrogen (secondary N) is 1. The summed E-state index contributed by atoms with van der Waals surface area (Å²) in [5.74, 6) is -0.234. The van der Waals surface area contributed by atoms with Gasteiger partial charge < -0.3 is 5.32 Å². The summed E-state index contributed by atoms with van der Waals surface area (Å²) >= 11 is 0. The van der Waals surface area contributed by atoms with Crippen LogP contribution in [0.4, 0.5) is 4.39 Å². The quantitative estimate of drug-likeness (QED) is 0.880. The van der Waals surface area contributed by atoms with Gasteiger partial charge in [0.2, 0.25) is 0 Å². The second kappa shape index (κ2) is 5.01. The van der Waals surface area contributed by atoms with Crippen LogP contribution in [-0.2, 0) is 0 Å². The Bertz CT molecular complexity index is 499. The third-order valence-electron chi connectivity index (χ3n) is 2.75. The summed E-state index contributed by atoms with van der Waals surface area (Å²) in [6.07, 6.45) is 4.95. The highest BCUT2D eigenvalue weighted by molar-refractivity contribution is 5.35. The summed E-state index contributed by atoms with van der Waals surface area (Å²) in [4.78, 5) is 7.97. The average molecular weight is 231 g/mol. The first-order valence-electron chi connectivity index (χ1n) is 5.40. The molecule has 88 valence electrons. The monoisotopic (exact) mass is 231 g/mol. The average Bonchev–Trinajstić information content (AvgIpc) is 2.36. The molecular weight excluding hydrogens is 217 g/mol. The molecule has 0 saturated heterocycles. The van der Waals surface area contributed by atoms with E-state index in [4.69, 9.17) is 0 Å². The van der Waals surface area contributed by atoms with Crippen molar-refractivity contribution in [1.29, 1.82) is 0 Å². The van der Waals surface area contributed by atoms with E-state index in [1.165, 1.54) is 12.4 Å². The van der Waals surface area contributed by atoms with Crippen LogP contribution in [0.3, 0.4) is 0 Å². The topological polar surface area (TPSA) is 37.8 Å². The minimum absolute atomic E-state index is 0.0908. The van der Waals surface area contributed by atoms with Crippen LogP contribution in [0.1, 0.15) is 22.7 Å². The van der Waals surface area contributed by atoms with Crippen LogP contribution < -0.4 is 5.32 Å². The first-order valence-corrected chi connectivity index (χ1v) is 5.40. The van der Waals surface area contributed by atoms with Crippen molar-refractivity contribution in [3.63, 3.8) is 0 Å². The van der Waals surface area contributed by atoms with Crippen molar-refractivity contribution in [3.05, 3.63) is 59.4 Å². The lowest BCUT2D eigenvalue weighted by molar-refractivity contribution is 0.614. The standard InChI is InChI=1S/C13H14FN3/c1-9-3-4-11(14)5-12(9)13(15-2)10-6-16-8-17-7-10/h3-8,13,15H,1-2H3. The zero-order valence-electron chi connectivity index (χ0n) is 9.81. The molecular formula is C13H14FN3. The lowest BCUT2D eigenvalue weighted by atomic mass is 9.97. The molecule has 1 aromatic heterocycles. The first kappa shape index (κ1) is 11.7. The third kappa shape index (κ3) is 2.47. The zero-order chi connectivity index (χ0) is 12.3. The van der Waals surface area contributed by atoms with Crippen LogP contribution in [-0.4, -0.2) is 17.0 Å². The Morgan fingerprint density at radius 1 is 1.24 bits per heavy atom.